The number of hydrogen-bond donors (Lipinski definition) is 3. The van der Waals surface area contributed by atoms with Crippen LogP contribution in [0.1, 0.15) is 32.8 Å². The zero-order chi connectivity index (χ0) is 15.7. The number of amides is 1. The van der Waals surface area contributed by atoms with Gasteiger partial charge in [0, 0.05) is 25.6 Å². The molecule has 0 fully saturated rings. The van der Waals surface area contributed by atoms with E-state index in [1.54, 1.807) is 0 Å². The molecule has 0 saturated heterocycles. The lowest BCUT2D eigenvalue weighted by Crippen LogP contribution is -2.35. The molecule has 5 nitrogen and oxygen atoms in total. The van der Waals surface area contributed by atoms with Crippen molar-refractivity contribution < 1.29 is 14.6 Å². The van der Waals surface area contributed by atoms with Gasteiger partial charge < -0.3 is 20.5 Å². The number of carbonyl (C=O) groups excluding carboxylic acids is 1. The van der Waals surface area contributed by atoms with Gasteiger partial charge in [0.05, 0.1) is 0 Å². The molecule has 5 heteroatoms. The summed E-state index contributed by atoms with van der Waals surface area (Å²) in [7, 11) is 0. The van der Waals surface area contributed by atoms with E-state index in [4.69, 9.17) is 4.74 Å². The molecular weight excluding hydrogens is 268 g/mol. The first-order chi connectivity index (χ1) is 10.0. The van der Waals surface area contributed by atoms with Gasteiger partial charge >= 0.3 is 0 Å². The SMILES string of the molecule is CCC(=O)NCc1ccc(OCC(O)CNC(C)C)cc1. The molecule has 3 N–H and O–H groups in total. The van der Waals surface area contributed by atoms with Gasteiger partial charge in [0.15, 0.2) is 0 Å². The minimum Gasteiger partial charge on any atom is -0.491 e. The average molecular weight is 294 g/mol. The molecule has 0 heterocycles. The van der Waals surface area contributed by atoms with E-state index in [0.29, 0.717) is 31.3 Å². The highest BCUT2D eigenvalue weighted by atomic mass is 16.5. The molecule has 1 rings (SSSR count). The Kier molecular flexibility index (Phi) is 7.79. The number of aliphatic hydroxyl groups excluding tert-OH is 1. The molecule has 118 valence electrons. The first-order valence-corrected chi connectivity index (χ1v) is 7.41. The maximum absolute atomic E-state index is 11.2. The average Bonchev–Trinajstić information content (AvgIpc) is 2.49. The molecule has 0 radical (unpaired) electrons. The third kappa shape index (κ3) is 7.68. The summed E-state index contributed by atoms with van der Waals surface area (Å²) in [5.74, 6) is 0.750. The molecular formula is C16H26N2O3. The number of ether oxygens (including phenoxy) is 1. The van der Waals surface area contributed by atoms with E-state index < -0.39 is 6.10 Å². The zero-order valence-corrected chi connectivity index (χ0v) is 13.1. The van der Waals surface area contributed by atoms with Crippen LogP contribution in [0.15, 0.2) is 24.3 Å². The van der Waals surface area contributed by atoms with Crippen LogP contribution in [0.2, 0.25) is 0 Å². The van der Waals surface area contributed by atoms with E-state index in [-0.39, 0.29) is 12.5 Å². The Bertz CT molecular complexity index is 418. The quantitative estimate of drug-likeness (QED) is 0.645. The monoisotopic (exact) mass is 294 g/mol. The minimum absolute atomic E-state index is 0.0381. The van der Waals surface area contributed by atoms with Crippen molar-refractivity contribution >= 4 is 5.91 Å². The molecule has 1 amide bonds. The van der Waals surface area contributed by atoms with Gasteiger partial charge in [-0.2, -0.15) is 0 Å². The number of carbonyl (C=O) groups is 1. The highest BCUT2D eigenvalue weighted by molar-refractivity contribution is 5.75. The van der Waals surface area contributed by atoms with Crippen LogP contribution in [-0.4, -0.2) is 36.3 Å². The Balaban J connectivity index is 2.32. The smallest absolute Gasteiger partial charge is 0.219 e. The lowest BCUT2D eigenvalue weighted by Gasteiger charge is -2.15. The third-order valence-corrected chi connectivity index (χ3v) is 2.94. The molecule has 0 aliphatic carbocycles. The Morgan fingerprint density at radius 1 is 1.29 bits per heavy atom. The second-order valence-electron chi connectivity index (χ2n) is 5.30. The van der Waals surface area contributed by atoms with E-state index in [9.17, 15) is 9.90 Å². The van der Waals surface area contributed by atoms with Crippen LogP contribution in [0.4, 0.5) is 0 Å². The molecule has 0 saturated carbocycles. The Labute approximate surface area is 126 Å². The molecule has 0 spiro atoms. The Morgan fingerprint density at radius 3 is 2.52 bits per heavy atom. The van der Waals surface area contributed by atoms with Gasteiger partial charge in [-0.3, -0.25) is 4.79 Å². The lowest BCUT2D eigenvalue weighted by molar-refractivity contribution is -0.120. The summed E-state index contributed by atoms with van der Waals surface area (Å²) in [6.07, 6.45) is -0.0420. The van der Waals surface area contributed by atoms with Crippen molar-refractivity contribution in [2.24, 2.45) is 0 Å². The molecule has 0 bridgehead atoms. The maximum atomic E-state index is 11.2. The van der Waals surface area contributed by atoms with E-state index in [1.165, 1.54) is 0 Å². The van der Waals surface area contributed by atoms with E-state index in [1.807, 2.05) is 45.0 Å². The number of benzene rings is 1. The first-order valence-electron chi connectivity index (χ1n) is 7.41. The van der Waals surface area contributed by atoms with Crippen molar-refractivity contribution in [3.63, 3.8) is 0 Å². The summed E-state index contributed by atoms with van der Waals surface area (Å²) in [6.45, 7) is 7.18. The fraction of sp³-hybridized carbons (Fsp3) is 0.562. The predicted molar refractivity (Wildman–Crippen MR) is 83.2 cm³/mol. The van der Waals surface area contributed by atoms with Gasteiger partial charge in [0.1, 0.15) is 18.5 Å². The summed E-state index contributed by atoms with van der Waals surface area (Å²) in [5.41, 5.74) is 1.02. The largest absolute Gasteiger partial charge is 0.491 e. The molecule has 21 heavy (non-hydrogen) atoms. The van der Waals surface area contributed by atoms with Crippen molar-refractivity contribution in [1.29, 1.82) is 0 Å². The normalized spacial score (nSPS) is 12.2. The summed E-state index contributed by atoms with van der Waals surface area (Å²) >= 11 is 0. The molecule has 0 aromatic heterocycles. The number of aliphatic hydroxyl groups is 1. The summed E-state index contributed by atoms with van der Waals surface area (Å²) < 4.78 is 5.52. The van der Waals surface area contributed by atoms with Crippen LogP contribution in [-0.2, 0) is 11.3 Å². The molecule has 1 aromatic rings. The van der Waals surface area contributed by atoms with Gasteiger partial charge in [0.25, 0.3) is 0 Å². The van der Waals surface area contributed by atoms with E-state index in [2.05, 4.69) is 10.6 Å². The topological polar surface area (TPSA) is 70.6 Å². The fourth-order valence-electron chi connectivity index (χ4n) is 1.65. The van der Waals surface area contributed by atoms with Gasteiger partial charge in [-0.25, -0.2) is 0 Å². The van der Waals surface area contributed by atoms with Crippen LogP contribution < -0.4 is 15.4 Å². The fourth-order valence-corrected chi connectivity index (χ4v) is 1.65. The van der Waals surface area contributed by atoms with Crippen LogP contribution in [0, 0.1) is 0 Å². The number of nitrogens with one attached hydrogen (secondary N) is 2. The molecule has 1 unspecified atom stereocenters. The van der Waals surface area contributed by atoms with Gasteiger partial charge in [0.2, 0.25) is 5.91 Å². The second-order valence-corrected chi connectivity index (χ2v) is 5.30. The van der Waals surface area contributed by atoms with Crippen molar-refractivity contribution in [3.05, 3.63) is 29.8 Å². The highest BCUT2D eigenvalue weighted by Gasteiger charge is 2.06. The number of hydrogen-bond acceptors (Lipinski definition) is 4. The number of rotatable bonds is 9. The van der Waals surface area contributed by atoms with Crippen LogP contribution in [0.25, 0.3) is 0 Å². The van der Waals surface area contributed by atoms with Gasteiger partial charge in [-0.15, -0.1) is 0 Å². The predicted octanol–water partition coefficient (Wildman–Crippen LogP) is 1.45. The van der Waals surface area contributed by atoms with Crippen molar-refractivity contribution in [1.82, 2.24) is 10.6 Å². The van der Waals surface area contributed by atoms with E-state index >= 15 is 0 Å². The van der Waals surface area contributed by atoms with Gasteiger partial charge in [-0.05, 0) is 17.7 Å². The minimum atomic E-state index is -0.532. The van der Waals surface area contributed by atoms with Crippen molar-refractivity contribution in [3.8, 4) is 5.75 Å². The maximum Gasteiger partial charge on any atom is 0.219 e. The van der Waals surface area contributed by atoms with Crippen LogP contribution >= 0.6 is 0 Å². The van der Waals surface area contributed by atoms with Crippen LogP contribution in [0.5, 0.6) is 5.75 Å². The second kappa shape index (κ2) is 9.37. The standard InChI is InChI=1S/C16H26N2O3/c1-4-16(20)18-9-13-5-7-15(8-6-13)21-11-14(19)10-17-12(2)3/h5-8,12,14,17,19H,4,9-11H2,1-3H3,(H,18,20). The van der Waals surface area contributed by atoms with Gasteiger partial charge in [-0.1, -0.05) is 32.9 Å². The van der Waals surface area contributed by atoms with Crippen molar-refractivity contribution in [2.45, 2.75) is 45.9 Å². The molecule has 0 aliphatic rings. The van der Waals surface area contributed by atoms with Crippen molar-refractivity contribution in [2.75, 3.05) is 13.2 Å². The summed E-state index contributed by atoms with van der Waals surface area (Å²) in [6, 6.07) is 7.84. The summed E-state index contributed by atoms with van der Waals surface area (Å²) in [5, 5.41) is 15.7. The Hall–Kier alpha value is -1.59. The highest BCUT2D eigenvalue weighted by Crippen LogP contribution is 2.12. The molecule has 0 aliphatic heterocycles. The summed E-state index contributed by atoms with van der Waals surface area (Å²) in [4.78, 5) is 11.2. The molecule has 1 atom stereocenters. The molecule has 1 aromatic carbocycles. The van der Waals surface area contributed by atoms with E-state index in [0.717, 1.165) is 5.56 Å². The third-order valence-electron chi connectivity index (χ3n) is 2.94. The van der Waals surface area contributed by atoms with Crippen LogP contribution in [0.3, 0.4) is 0 Å². The first kappa shape index (κ1) is 17.5. The Morgan fingerprint density at radius 2 is 1.95 bits per heavy atom. The zero-order valence-electron chi connectivity index (χ0n) is 13.1. The lowest BCUT2D eigenvalue weighted by atomic mass is 10.2.